The minimum absolute atomic E-state index is 0.814. The van der Waals surface area contributed by atoms with E-state index in [1.165, 1.54) is 11.1 Å². The molecule has 0 amide bonds. The summed E-state index contributed by atoms with van der Waals surface area (Å²) in [7, 11) is 1.87. The Balaban J connectivity index is 2.32. The molecule has 2 aromatic carbocycles. The van der Waals surface area contributed by atoms with Crippen LogP contribution in [0.2, 0.25) is 0 Å². The van der Waals surface area contributed by atoms with Crippen LogP contribution in [0.5, 0.6) is 0 Å². The molecular weight excluding hydrogens is 246 g/mol. The molecule has 1 heterocycles. The number of rotatable bonds is 2. The maximum Gasteiger partial charge on any atom is 0.156 e. The highest BCUT2D eigenvalue weighted by Gasteiger charge is 2.11. The minimum atomic E-state index is 0.814. The van der Waals surface area contributed by atoms with Crippen LogP contribution in [0.4, 0.5) is 5.82 Å². The molecular formula is C17H17N3. The van der Waals surface area contributed by atoms with Gasteiger partial charge >= 0.3 is 0 Å². The van der Waals surface area contributed by atoms with E-state index in [1.807, 2.05) is 19.2 Å². The van der Waals surface area contributed by atoms with Crippen LogP contribution in [0.3, 0.4) is 0 Å². The zero-order valence-electron chi connectivity index (χ0n) is 11.9. The molecule has 0 spiro atoms. The summed E-state index contributed by atoms with van der Waals surface area (Å²) in [5.41, 5.74) is 4.57. The van der Waals surface area contributed by atoms with Gasteiger partial charge in [0.15, 0.2) is 5.82 Å². The van der Waals surface area contributed by atoms with Crippen molar-refractivity contribution in [3.8, 4) is 11.3 Å². The lowest BCUT2D eigenvalue weighted by atomic mass is 9.99. The summed E-state index contributed by atoms with van der Waals surface area (Å²) in [6.45, 7) is 4.22. The third-order valence-electron chi connectivity index (χ3n) is 3.56. The van der Waals surface area contributed by atoms with E-state index < -0.39 is 0 Å². The van der Waals surface area contributed by atoms with Crippen molar-refractivity contribution in [2.24, 2.45) is 0 Å². The number of aryl methyl sites for hydroxylation is 2. The number of fused-ring (bicyclic) bond motifs is 1. The Morgan fingerprint density at radius 1 is 0.900 bits per heavy atom. The van der Waals surface area contributed by atoms with Crippen molar-refractivity contribution in [1.29, 1.82) is 0 Å². The Bertz CT molecular complexity index is 778. The lowest BCUT2D eigenvalue weighted by molar-refractivity contribution is 1.05. The number of nitrogens with one attached hydrogen (secondary N) is 1. The highest BCUT2D eigenvalue weighted by Crippen LogP contribution is 2.31. The van der Waals surface area contributed by atoms with E-state index in [0.717, 1.165) is 27.8 Å². The molecule has 20 heavy (non-hydrogen) atoms. The Morgan fingerprint density at radius 3 is 2.35 bits per heavy atom. The molecule has 0 unspecified atom stereocenters. The second-order valence-electron chi connectivity index (χ2n) is 5.01. The monoisotopic (exact) mass is 263 g/mol. The molecule has 3 rings (SSSR count). The molecule has 0 atom stereocenters. The van der Waals surface area contributed by atoms with Crippen molar-refractivity contribution in [2.45, 2.75) is 13.8 Å². The van der Waals surface area contributed by atoms with E-state index in [2.05, 4.69) is 59.7 Å². The predicted molar refractivity (Wildman–Crippen MR) is 84.0 cm³/mol. The second kappa shape index (κ2) is 4.93. The smallest absolute Gasteiger partial charge is 0.156 e. The Labute approximate surface area is 118 Å². The molecule has 0 radical (unpaired) electrons. The molecule has 0 fully saturated rings. The van der Waals surface area contributed by atoms with Gasteiger partial charge in [0.05, 0.1) is 0 Å². The van der Waals surface area contributed by atoms with E-state index in [4.69, 9.17) is 0 Å². The number of aromatic nitrogens is 2. The summed E-state index contributed by atoms with van der Waals surface area (Å²) in [6, 6.07) is 14.7. The topological polar surface area (TPSA) is 37.8 Å². The molecule has 3 heteroatoms. The first-order valence-corrected chi connectivity index (χ1v) is 6.71. The lowest BCUT2D eigenvalue weighted by Crippen LogP contribution is -1.99. The standard InChI is InChI=1S/C17H17N3/c1-11-8-9-13(12(2)10-11)16-14-6-4-5-7-15(14)17(18-3)20-19-16/h4-10H,1-3H3,(H,18,20). The van der Waals surface area contributed by atoms with Gasteiger partial charge < -0.3 is 5.32 Å². The molecule has 0 saturated carbocycles. The molecule has 0 aliphatic rings. The van der Waals surface area contributed by atoms with Crippen LogP contribution >= 0.6 is 0 Å². The van der Waals surface area contributed by atoms with E-state index in [0.29, 0.717) is 0 Å². The molecule has 1 N–H and O–H groups in total. The van der Waals surface area contributed by atoms with Crippen LogP contribution in [0.25, 0.3) is 22.0 Å². The van der Waals surface area contributed by atoms with Gasteiger partial charge in [-0.15, -0.1) is 10.2 Å². The summed E-state index contributed by atoms with van der Waals surface area (Å²) < 4.78 is 0. The van der Waals surface area contributed by atoms with Gasteiger partial charge in [-0.3, -0.25) is 0 Å². The van der Waals surface area contributed by atoms with Crippen LogP contribution in [0.15, 0.2) is 42.5 Å². The SMILES string of the molecule is CNc1nnc(-c2ccc(C)cc2C)c2ccccc12. The van der Waals surface area contributed by atoms with E-state index >= 15 is 0 Å². The largest absolute Gasteiger partial charge is 0.371 e. The molecule has 3 nitrogen and oxygen atoms in total. The summed E-state index contributed by atoms with van der Waals surface area (Å²) in [4.78, 5) is 0. The zero-order valence-corrected chi connectivity index (χ0v) is 11.9. The summed E-state index contributed by atoms with van der Waals surface area (Å²) in [6.07, 6.45) is 0. The number of hydrogen-bond donors (Lipinski definition) is 1. The fourth-order valence-electron chi connectivity index (χ4n) is 2.57. The first kappa shape index (κ1) is 12.6. The Morgan fingerprint density at radius 2 is 1.65 bits per heavy atom. The summed E-state index contributed by atoms with van der Waals surface area (Å²) >= 11 is 0. The average Bonchev–Trinajstić information content (AvgIpc) is 2.47. The fraction of sp³-hybridized carbons (Fsp3) is 0.176. The van der Waals surface area contributed by atoms with Gasteiger partial charge in [0.1, 0.15) is 5.69 Å². The lowest BCUT2D eigenvalue weighted by Gasteiger charge is -2.11. The van der Waals surface area contributed by atoms with Crippen LogP contribution in [-0.2, 0) is 0 Å². The molecule has 0 bridgehead atoms. The molecule has 1 aromatic heterocycles. The normalized spacial score (nSPS) is 10.8. The van der Waals surface area contributed by atoms with Crippen LogP contribution in [0, 0.1) is 13.8 Å². The maximum atomic E-state index is 4.43. The maximum absolute atomic E-state index is 4.43. The fourth-order valence-corrected chi connectivity index (χ4v) is 2.57. The van der Waals surface area contributed by atoms with Gasteiger partial charge in [-0.1, -0.05) is 48.0 Å². The zero-order chi connectivity index (χ0) is 14.1. The van der Waals surface area contributed by atoms with Crippen LogP contribution in [0.1, 0.15) is 11.1 Å². The number of nitrogens with zero attached hydrogens (tertiary/aromatic N) is 2. The van der Waals surface area contributed by atoms with E-state index in [1.54, 1.807) is 0 Å². The third-order valence-corrected chi connectivity index (χ3v) is 3.56. The van der Waals surface area contributed by atoms with Gasteiger partial charge in [0.2, 0.25) is 0 Å². The van der Waals surface area contributed by atoms with Crippen LogP contribution in [-0.4, -0.2) is 17.2 Å². The predicted octanol–water partition coefficient (Wildman–Crippen LogP) is 3.96. The van der Waals surface area contributed by atoms with Crippen molar-refractivity contribution >= 4 is 16.6 Å². The Kier molecular flexibility index (Phi) is 3.11. The van der Waals surface area contributed by atoms with Crippen molar-refractivity contribution in [3.63, 3.8) is 0 Å². The van der Waals surface area contributed by atoms with Crippen molar-refractivity contribution in [3.05, 3.63) is 53.6 Å². The van der Waals surface area contributed by atoms with E-state index in [-0.39, 0.29) is 0 Å². The van der Waals surface area contributed by atoms with Crippen molar-refractivity contribution in [2.75, 3.05) is 12.4 Å². The Hall–Kier alpha value is -2.42. The number of benzene rings is 2. The van der Waals surface area contributed by atoms with Crippen LogP contribution < -0.4 is 5.32 Å². The van der Waals surface area contributed by atoms with Crippen molar-refractivity contribution in [1.82, 2.24) is 10.2 Å². The average molecular weight is 263 g/mol. The highest BCUT2D eigenvalue weighted by molar-refractivity contribution is 6.00. The van der Waals surface area contributed by atoms with Crippen molar-refractivity contribution < 1.29 is 0 Å². The van der Waals surface area contributed by atoms with Gasteiger partial charge in [-0.05, 0) is 19.4 Å². The molecule has 0 aliphatic carbocycles. The first-order chi connectivity index (χ1) is 9.70. The third kappa shape index (κ3) is 2.01. The van der Waals surface area contributed by atoms with E-state index in [9.17, 15) is 0 Å². The van der Waals surface area contributed by atoms with Gasteiger partial charge in [-0.25, -0.2) is 0 Å². The summed E-state index contributed by atoms with van der Waals surface area (Å²) in [5, 5.41) is 14.0. The van der Waals surface area contributed by atoms with Gasteiger partial charge in [0, 0.05) is 23.4 Å². The van der Waals surface area contributed by atoms with Gasteiger partial charge in [0.25, 0.3) is 0 Å². The summed E-state index contributed by atoms with van der Waals surface area (Å²) in [5.74, 6) is 0.814. The number of anilines is 1. The number of hydrogen-bond acceptors (Lipinski definition) is 3. The minimum Gasteiger partial charge on any atom is -0.371 e. The quantitative estimate of drug-likeness (QED) is 0.760. The highest BCUT2D eigenvalue weighted by atomic mass is 15.2. The molecule has 0 saturated heterocycles. The first-order valence-electron chi connectivity index (χ1n) is 6.71. The molecule has 0 aliphatic heterocycles. The second-order valence-corrected chi connectivity index (χ2v) is 5.01. The molecule has 100 valence electrons. The molecule has 3 aromatic rings. The van der Waals surface area contributed by atoms with Gasteiger partial charge in [-0.2, -0.15) is 0 Å².